The number of para-hydroxylation sites is 3. The number of halogens is 1. The first-order valence-electron chi connectivity index (χ1n) is 11.5. The van der Waals surface area contributed by atoms with Gasteiger partial charge in [0.15, 0.2) is 0 Å². The molecule has 0 spiro atoms. The van der Waals surface area contributed by atoms with Crippen molar-refractivity contribution in [3.05, 3.63) is 83.4 Å². The molecule has 3 aromatic rings. The number of benzene rings is 3. The van der Waals surface area contributed by atoms with E-state index in [9.17, 15) is 9.90 Å². The number of aliphatic hydroxyl groups excluding tert-OH is 1. The number of ether oxygens (including phenoxy) is 3. The molecule has 4 rings (SSSR count). The zero-order valence-electron chi connectivity index (χ0n) is 19.5. The summed E-state index contributed by atoms with van der Waals surface area (Å²) < 4.78 is 17.2. The van der Waals surface area contributed by atoms with Gasteiger partial charge in [-0.1, -0.05) is 35.9 Å². The number of nitrogens with one attached hydrogen (secondary N) is 1. The minimum atomic E-state index is -0.692. The standard InChI is InChI=1S/C27H29ClN2O5/c1-33-25-8-4-2-6-23(25)27(32)29-24-7-3-5-9-26(24)34-18-20(31)16-30-15-14-22(17-30)35-21-12-10-19(28)11-13-21/h2-13,20,22,31H,14-18H2,1H3,(H,29,32). The number of hydrogen-bond donors (Lipinski definition) is 2. The second kappa shape index (κ2) is 11.9. The van der Waals surface area contributed by atoms with Gasteiger partial charge in [-0.25, -0.2) is 0 Å². The van der Waals surface area contributed by atoms with Gasteiger partial charge in [-0.3, -0.25) is 9.69 Å². The molecule has 0 saturated carbocycles. The zero-order chi connectivity index (χ0) is 24.6. The van der Waals surface area contributed by atoms with Gasteiger partial charge in [0.1, 0.15) is 36.1 Å². The predicted octanol–water partition coefficient (Wildman–Crippen LogP) is 4.49. The molecule has 2 N–H and O–H groups in total. The van der Waals surface area contributed by atoms with Crippen LogP contribution in [0.3, 0.4) is 0 Å². The predicted molar refractivity (Wildman–Crippen MR) is 136 cm³/mol. The maximum absolute atomic E-state index is 12.8. The molecule has 1 fully saturated rings. The van der Waals surface area contributed by atoms with Gasteiger partial charge in [0.25, 0.3) is 5.91 Å². The zero-order valence-corrected chi connectivity index (χ0v) is 20.3. The fraction of sp³-hybridized carbons (Fsp3) is 0.296. The molecule has 0 radical (unpaired) electrons. The van der Waals surface area contributed by atoms with E-state index in [1.165, 1.54) is 7.11 Å². The average Bonchev–Trinajstić information content (AvgIpc) is 3.31. The molecule has 1 saturated heterocycles. The number of carbonyl (C=O) groups is 1. The molecule has 1 amide bonds. The highest BCUT2D eigenvalue weighted by Crippen LogP contribution is 2.26. The Morgan fingerprint density at radius 2 is 1.80 bits per heavy atom. The molecule has 184 valence electrons. The van der Waals surface area contributed by atoms with Gasteiger partial charge in [-0.05, 0) is 55.0 Å². The Bertz CT molecular complexity index is 1120. The molecule has 35 heavy (non-hydrogen) atoms. The number of β-amino-alcohol motifs (C(OH)–C–C–N with tert-alkyl or cyclic N) is 1. The van der Waals surface area contributed by atoms with E-state index in [1.54, 1.807) is 48.5 Å². The second-order valence-electron chi connectivity index (χ2n) is 8.36. The summed E-state index contributed by atoms with van der Waals surface area (Å²) in [7, 11) is 1.52. The van der Waals surface area contributed by atoms with Crippen molar-refractivity contribution < 1.29 is 24.1 Å². The van der Waals surface area contributed by atoms with Gasteiger partial charge in [-0.2, -0.15) is 0 Å². The number of rotatable bonds is 10. The van der Waals surface area contributed by atoms with Crippen molar-refractivity contribution in [2.45, 2.75) is 18.6 Å². The van der Waals surface area contributed by atoms with E-state index in [2.05, 4.69) is 10.2 Å². The molecule has 2 atom stereocenters. The Balaban J connectivity index is 1.27. The highest BCUT2D eigenvalue weighted by atomic mass is 35.5. The summed E-state index contributed by atoms with van der Waals surface area (Å²) in [6, 6.07) is 21.5. The molecule has 8 heteroatoms. The third-order valence-corrected chi connectivity index (χ3v) is 5.98. The SMILES string of the molecule is COc1ccccc1C(=O)Nc1ccccc1OCC(O)CN1CCC(Oc2ccc(Cl)cc2)C1. The number of methoxy groups -OCH3 is 1. The summed E-state index contributed by atoms with van der Waals surface area (Å²) in [5, 5.41) is 14.1. The fourth-order valence-electron chi connectivity index (χ4n) is 4.02. The van der Waals surface area contributed by atoms with Gasteiger partial charge >= 0.3 is 0 Å². The van der Waals surface area contributed by atoms with Crippen molar-refractivity contribution in [3.8, 4) is 17.2 Å². The van der Waals surface area contributed by atoms with E-state index in [0.29, 0.717) is 34.3 Å². The maximum atomic E-state index is 12.8. The van der Waals surface area contributed by atoms with Crippen molar-refractivity contribution in [3.63, 3.8) is 0 Å². The van der Waals surface area contributed by atoms with Crippen LogP contribution in [0.5, 0.6) is 17.2 Å². The molecular weight excluding hydrogens is 468 g/mol. The van der Waals surface area contributed by atoms with Crippen LogP contribution in [0, 0.1) is 0 Å². The van der Waals surface area contributed by atoms with Crippen LogP contribution in [0.1, 0.15) is 16.8 Å². The van der Waals surface area contributed by atoms with Crippen LogP contribution in [0.2, 0.25) is 5.02 Å². The Labute approximate surface area is 210 Å². The summed E-state index contributed by atoms with van der Waals surface area (Å²) in [6.45, 7) is 2.13. The minimum Gasteiger partial charge on any atom is -0.496 e. The number of carbonyl (C=O) groups excluding carboxylic acids is 1. The van der Waals surface area contributed by atoms with Gasteiger partial charge in [-0.15, -0.1) is 0 Å². The van der Waals surface area contributed by atoms with Crippen LogP contribution in [0.4, 0.5) is 5.69 Å². The van der Waals surface area contributed by atoms with E-state index in [1.807, 2.05) is 24.3 Å². The number of anilines is 1. The van der Waals surface area contributed by atoms with Crippen LogP contribution >= 0.6 is 11.6 Å². The first-order valence-corrected chi connectivity index (χ1v) is 11.9. The smallest absolute Gasteiger partial charge is 0.259 e. The lowest BCUT2D eigenvalue weighted by Crippen LogP contribution is -2.35. The molecule has 1 aliphatic heterocycles. The molecule has 0 aliphatic carbocycles. The van der Waals surface area contributed by atoms with E-state index in [4.69, 9.17) is 25.8 Å². The normalized spacial score (nSPS) is 16.5. The van der Waals surface area contributed by atoms with Crippen LogP contribution in [0.25, 0.3) is 0 Å². The van der Waals surface area contributed by atoms with Gasteiger partial charge in [0.2, 0.25) is 0 Å². The Hall–Kier alpha value is -3.26. The van der Waals surface area contributed by atoms with Crippen molar-refractivity contribution in [1.82, 2.24) is 4.90 Å². The van der Waals surface area contributed by atoms with Crippen LogP contribution in [0.15, 0.2) is 72.8 Å². The summed E-state index contributed by atoms with van der Waals surface area (Å²) in [5.74, 6) is 1.46. The highest BCUT2D eigenvalue weighted by Gasteiger charge is 2.26. The third-order valence-electron chi connectivity index (χ3n) is 5.73. The molecule has 1 aliphatic rings. The third kappa shape index (κ3) is 6.88. The Morgan fingerprint density at radius 3 is 2.57 bits per heavy atom. The minimum absolute atomic E-state index is 0.0650. The first kappa shape index (κ1) is 24.9. The lowest BCUT2D eigenvalue weighted by Gasteiger charge is -2.21. The molecular formula is C27H29ClN2O5. The largest absolute Gasteiger partial charge is 0.496 e. The molecule has 7 nitrogen and oxygen atoms in total. The quantitative estimate of drug-likeness (QED) is 0.430. The highest BCUT2D eigenvalue weighted by molar-refractivity contribution is 6.30. The Morgan fingerprint density at radius 1 is 1.09 bits per heavy atom. The van der Waals surface area contributed by atoms with Crippen molar-refractivity contribution in [2.24, 2.45) is 0 Å². The van der Waals surface area contributed by atoms with Gasteiger partial charge in [0, 0.05) is 24.7 Å². The number of likely N-dealkylation sites (tertiary alicyclic amines) is 1. The summed E-state index contributed by atoms with van der Waals surface area (Å²) in [5.41, 5.74) is 0.947. The van der Waals surface area contributed by atoms with Gasteiger partial charge < -0.3 is 24.6 Å². The monoisotopic (exact) mass is 496 g/mol. The number of hydrogen-bond acceptors (Lipinski definition) is 6. The first-order chi connectivity index (χ1) is 17.0. The lowest BCUT2D eigenvalue weighted by atomic mass is 10.2. The molecule has 0 aromatic heterocycles. The molecule has 0 bridgehead atoms. The molecule has 1 heterocycles. The summed E-state index contributed by atoms with van der Waals surface area (Å²) in [4.78, 5) is 14.9. The molecule has 3 aromatic carbocycles. The van der Waals surface area contributed by atoms with Crippen LogP contribution < -0.4 is 19.5 Å². The number of aliphatic hydroxyl groups is 1. The van der Waals surface area contributed by atoms with Crippen molar-refractivity contribution in [1.29, 1.82) is 0 Å². The number of nitrogens with zero attached hydrogens (tertiary/aromatic N) is 1. The number of amides is 1. The van der Waals surface area contributed by atoms with Crippen molar-refractivity contribution >= 4 is 23.2 Å². The maximum Gasteiger partial charge on any atom is 0.259 e. The molecule has 2 unspecified atom stereocenters. The van der Waals surface area contributed by atoms with E-state index >= 15 is 0 Å². The van der Waals surface area contributed by atoms with E-state index in [0.717, 1.165) is 25.3 Å². The van der Waals surface area contributed by atoms with Gasteiger partial charge in [0.05, 0.1) is 18.4 Å². The lowest BCUT2D eigenvalue weighted by molar-refractivity contribution is 0.0722. The summed E-state index contributed by atoms with van der Waals surface area (Å²) in [6.07, 6.45) is 0.256. The van der Waals surface area contributed by atoms with E-state index in [-0.39, 0.29) is 18.6 Å². The summed E-state index contributed by atoms with van der Waals surface area (Å²) >= 11 is 5.93. The van der Waals surface area contributed by atoms with Crippen LogP contribution in [-0.4, -0.2) is 61.5 Å². The Kier molecular flexibility index (Phi) is 8.47. The van der Waals surface area contributed by atoms with Crippen molar-refractivity contribution in [2.75, 3.05) is 38.7 Å². The fourth-order valence-corrected chi connectivity index (χ4v) is 4.15. The van der Waals surface area contributed by atoms with Crippen LogP contribution in [-0.2, 0) is 0 Å². The van der Waals surface area contributed by atoms with E-state index < -0.39 is 6.10 Å². The average molecular weight is 497 g/mol. The second-order valence-corrected chi connectivity index (χ2v) is 8.79. The topological polar surface area (TPSA) is 80.3 Å².